The summed E-state index contributed by atoms with van der Waals surface area (Å²) < 4.78 is 5.18. The minimum Gasteiger partial charge on any atom is -0.383 e. The molecule has 0 amide bonds. The average Bonchev–Trinajstić information content (AvgIpc) is 2.42. The maximum Gasteiger partial charge on any atom is 0.0637 e. The van der Waals surface area contributed by atoms with E-state index in [4.69, 9.17) is 4.74 Å². The third kappa shape index (κ3) is 5.17. The Balaban J connectivity index is 2.77. The number of pyridine rings is 1. The van der Waals surface area contributed by atoms with Gasteiger partial charge in [0.15, 0.2) is 0 Å². The van der Waals surface area contributed by atoms with Crippen LogP contribution in [0.25, 0.3) is 0 Å². The molecular weight excluding hydrogens is 238 g/mol. The van der Waals surface area contributed by atoms with Gasteiger partial charge in [0, 0.05) is 26.2 Å². The van der Waals surface area contributed by atoms with Crippen molar-refractivity contribution in [2.75, 3.05) is 38.8 Å². The van der Waals surface area contributed by atoms with Crippen molar-refractivity contribution in [1.29, 1.82) is 0 Å². The molecule has 1 N–H and O–H groups in total. The fourth-order valence-corrected chi connectivity index (χ4v) is 1.96. The second-order valence-corrected chi connectivity index (χ2v) is 5.28. The highest BCUT2D eigenvalue weighted by molar-refractivity contribution is 5.44. The third-order valence-electron chi connectivity index (χ3n) is 3.16. The summed E-state index contributed by atoms with van der Waals surface area (Å²) in [5, 5.41) is 3.20. The molecule has 0 radical (unpaired) electrons. The lowest BCUT2D eigenvalue weighted by atomic mass is 10.1. The van der Waals surface area contributed by atoms with E-state index in [0.29, 0.717) is 5.92 Å². The molecule has 0 aliphatic carbocycles. The molecule has 4 heteroatoms. The summed E-state index contributed by atoms with van der Waals surface area (Å²) in [6.45, 7) is 9.22. The van der Waals surface area contributed by atoms with Gasteiger partial charge in [0.25, 0.3) is 0 Å². The molecule has 0 saturated carbocycles. The van der Waals surface area contributed by atoms with Crippen molar-refractivity contribution in [1.82, 2.24) is 10.3 Å². The maximum absolute atomic E-state index is 5.18. The lowest BCUT2D eigenvalue weighted by Crippen LogP contribution is -2.31. The van der Waals surface area contributed by atoms with Gasteiger partial charge in [-0.1, -0.05) is 13.8 Å². The van der Waals surface area contributed by atoms with E-state index in [1.165, 1.54) is 0 Å². The zero-order valence-corrected chi connectivity index (χ0v) is 12.8. The average molecular weight is 265 g/mol. The van der Waals surface area contributed by atoms with Crippen LogP contribution >= 0.6 is 0 Å². The first-order valence-corrected chi connectivity index (χ1v) is 6.95. The number of ether oxygens (including phenoxy) is 1. The van der Waals surface area contributed by atoms with Crippen molar-refractivity contribution in [2.24, 2.45) is 5.92 Å². The quantitative estimate of drug-likeness (QED) is 0.783. The van der Waals surface area contributed by atoms with Gasteiger partial charge in [-0.15, -0.1) is 0 Å². The Morgan fingerprint density at radius 2 is 2.05 bits per heavy atom. The molecule has 1 atom stereocenters. The molecule has 0 aromatic carbocycles. The Bertz CT molecular complexity index is 351. The Hall–Kier alpha value is -1.13. The molecule has 0 saturated heterocycles. The summed E-state index contributed by atoms with van der Waals surface area (Å²) in [5.74, 6) is 0.618. The third-order valence-corrected chi connectivity index (χ3v) is 3.16. The molecule has 108 valence electrons. The first-order chi connectivity index (χ1) is 9.08. The normalized spacial score (nSPS) is 12.7. The standard InChI is InChI=1S/C15H27N3O/c1-12(2)11-18(8-9-19-5)14-6-7-15(17-10-14)13(3)16-4/h6-7,10,12-13,16H,8-9,11H2,1-5H3. The van der Waals surface area contributed by atoms with Crippen LogP contribution in [0.2, 0.25) is 0 Å². The number of nitrogens with zero attached hydrogens (tertiary/aromatic N) is 2. The van der Waals surface area contributed by atoms with E-state index in [9.17, 15) is 0 Å². The van der Waals surface area contributed by atoms with Crippen LogP contribution in [0.4, 0.5) is 5.69 Å². The molecular formula is C15H27N3O. The fraction of sp³-hybridized carbons (Fsp3) is 0.667. The van der Waals surface area contributed by atoms with E-state index < -0.39 is 0 Å². The number of nitrogens with one attached hydrogen (secondary N) is 1. The summed E-state index contributed by atoms with van der Waals surface area (Å²) >= 11 is 0. The molecule has 0 fully saturated rings. The molecule has 0 aliphatic rings. The van der Waals surface area contributed by atoms with E-state index in [1.807, 2.05) is 13.2 Å². The van der Waals surface area contributed by atoms with Crippen molar-refractivity contribution in [3.05, 3.63) is 24.0 Å². The van der Waals surface area contributed by atoms with Gasteiger partial charge in [-0.05, 0) is 32.0 Å². The lowest BCUT2D eigenvalue weighted by molar-refractivity contribution is 0.204. The molecule has 1 aromatic heterocycles. The van der Waals surface area contributed by atoms with Gasteiger partial charge in [0.05, 0.1) is 24.2 Å². The van der Waals surface area contributed by atoms with Crippen LogP contribution in [-0.4, -0.2) is 38.8 Å². The molecule has 1 heterocycles. The van der Waals surface area contributed by atoms with Crippen LogP contribution < -0.4 is 10.2 Å². The molecule has 4 nitrogen and oxygen atoms in total. The van der Waals surface area contributed by atoms with Crippen LogP contribution in [0.15, 0.2) is 18.3 Å². The summed E-state index contributed by atoms with van der Waals surface area (Å²) in [4.78, 5) is 6.87. The maximum atomic E-state index is 5.18. The molecule has 0 spiro atoms. The van der Waals surface area contributed by atoms with Gasteiger partial charge in [0.2, 0.25) is 0 Å². The van der Waals surface area contributed by atoms with Crippen molar-refractivity contribution in [2.45, 2.75) is 26.8 Å². The molecule has 0 aliphatic heterocycles. The molecule has 0 bridgehead atoms. The SMILES string of the molecule is CNC(C)c1ccc(N(CCOC)CC(C)C)cn1. The van der Waals surface area contributed by atoms with Crippen molar-refractivity contribution in [3.8, 4) is 0 Å². The fourth-order valence-electron chi connectivity index (χ4n) is 1.96. The van der Waals surface area contributed by atoms with Gasteiger partial charge in [-0.3, -0.25) is 4.98 Å². The van der Waals surface area contributed by atoms with Gasteiger partial charge >= 0.3 is 0 Å². The van der Waals surface area contributed by atoms with Crippen molar-refractivity contribution in [3.63, 3.8) is 0 Å². The zero-order chi connectivity index (χ0) is 14.3. The highest BCUT2D eigenvalue weighted by Crippen LogP contribution is 2.17. The van der Waals surface area contributed by atoms with Crippen LogP contribution in [-0.2, 0) is 4.74 Å². The Morgan fingerprint density at radius 3 is 2.53 bits per heavy atom. The van der Waals surface area contributed by atoms with Gasteiger partial charge in [0.1, 0.15) is 0 Å². The smallest absolute Gasteiger partial charge is 0.0637 e. The van der Waals surface area contributed by atoms with Gasteiger partial charge in [-0.2, -0.15) is 0 Å². The predicted molar refractivity (Wildman–Crippen MR) is 80.6 cm³/mol. The second kappa shape index (κ2) is 8.12. The van der Waals surface area contributed by atoms with Crippen LogP contribution in [0.1, 0.15) is 32.5 Å². The first-order valence-electron chi connectivity index (χ1n) is 6.95. The van der Waals surface area contributed by atoms with Crippen LogP contribution in [0, 0.1) is 5.92 Å². The molecule has 19 heavy (non-hydrogen) atoms. The predicted octanol–water partition coefficient (Wildman–Crippen LogP) is 2.47. The van der Waals surface area contributed by atoms with Crippen LogP contribution in [0.3, 0.4) is 0 Å². The molecule has 1 unspecified atom stereocenters. The van der Waals surface area contributed by atoms with E-state index in [1.54, 1.807) is 7.11 Å². The lowest BCUT2D eigenvalue weighted by Gasteiger charge is -2.26. The summed E-state index contributed by atoms with van der Waals surface area (Å²) in [6.07, 6.45) is 1.96. The zero-order valence-electron chi connectivity index (χ0n) is 12.8. The molecule has 1 aromatic rings. The second-order valence-electron chi connectivity index (χ2n) is 5.28. The Morgan fingerprint density at radius 1 is 1.32 bits per heavy atom. The first kappa shape index (κ1) is 15.9. The topological polar surface area (TPSA) is 37.4 Å². The number of hydrogen-bond donors (Lipinski definition) is 1. The summed E-state index contributed by atoms with van der Waals surface area (Å²) in [7, 11) is 3.69. The number of aromatic nitrogens is 1. The van der Waals surface area contributed by atoms with Crippen molar-refractivity contribution >= 4 is 5.69 Å². The number of hydrogen-bond acceptors (Lipinski definition) is 4. The summed E-state index contributed by atoms with van der Waals surface area (Å²) in [5.41, 5.74) is 2.24. The highest BCUT2D eigenvalue weighted by atomic mass is 16.5. The minimum atomic E-state index is 0.284. The van der Waals surface area contributed by atoms with Crippen molar-refractivity contribution < 1.29 is 4.74 Å². The van der Waals surface area contributed by atoms with E-state index in [0.717, 1.165) is 31.1 Å². The molecule has 1 rings (SSSR count). The Labute approximate surface area is 117 Å². The van der Waals surface area contributed by atoms with E-state index in [-0.39, 0.29) is 6.04 Å². The monoisotopic (exact) mass is 265 g/mol. The summed E-state index contributed by atoms with van der Waals surface area (Å²) in [6, 6.07) is 4.52. The largest absolute Gasteiger partial charge is 0.383 e. The van der Waals surface area contributed by atoms with E-state index >= 15 is 0 Å². The number of anilines is 1. The Kier molecular flexibility index (Phi) is 6.81. The number of methoxy groups -OCH3 is 1. The van der Waals surface area contributed by atoms with Gasteiger partial charge < -0.3 is 15.0 Å². The van der Waals surface area contributed by atoms with E-state index in [2.05, 4.69) is 48.1 Å². The minimum absolute atomic E-state index is 0.284. The number of rotatable bonds is 8. The van der Waals surface area contributed by atoms with Crippen LogP contribution in [0.5, 0.6) is 0 Å². The highest BCUT2D eigenvalue weighted by Gasteiger charge is 2.10. The van der Waals surface area contributed by atoms with Gasteiger partial charge in [-0.25, -0.2) is 0 Å².